The van der Waals surface area contributed by atoms with Crippen molar-refractivity contribution in [3.05, 3.63) is 0 Å². The second-order valence-electron chi connectivity index (χ2n) is 6.57. The maximum Gasteiger partial charge on any atom is 0.214 e. The van der Waals surface area contributed by atoms with Crippen LogP contribution in [0.5, 0.6) is 0 Å². The fourth-order valence-electron chi connectivity index (χ4n) is 3.58. The first kappa shape index (κ1) is 16.2. The van der Waals surface area contributed by atoms with Crippen LogP contribution in [0.15, 0.2) is 0 Å². The van der Waals surface area contributed by atoms with Gasteiger partial charge < -0.3 is 4.90 Å². The quantitative estimate of drug-likeness (QED) is 0.782. The van der Waals surface area contributed by atoms with Crippen LogP contribution in [0.2, 0.25) is 0 Å². The summed E-state index contributed by atoms with van der Waals surface area (Å²) in [5.41, 5.74) is 0. The highest BCUT2D eigenvalue weighted by atomic mass is 32.2. The van der Waals surface area contributed by atoms with Gasteiger partial charge in [-0.15, -0.1) is 0 Å². The van der Waals surface area contributed by atoms with Crippen LogP contribution in [0.3, 0.4) is 0 Å². The molecule has 0 amide bonds. The molecule has 0 N–H and O–H groups in total. The maximum absolute atomic E-state index is 12.7. The number of hydrogen-bond donors (Lipinski definition) is 0. The van der Waals surface area contributed by atoms with Crippen LogP contribution in [-0.2, 0) is 10.0 Å². The molecule has 20 heavy (non-hydrogen) atoms. The zero-order valence-corrected chi connectivity index (χ0v) is 13.9. The molecule has 2 heterocycles. The normalized spacial score (nSPS) is 27.8. The minimum absolute atomic E-state index is 0.269. The summed E-state index contributed by atoms with van der Waals surface area (Å²) in [6.07, 6.45) is 7.43. The Morgan fingerprint density at radius 3 is 2.40 bits per heavy atom. The first-order valence-electron chi connectivity index (χ1n) is 8.21. The highest BCUT2D eigenvalue weighted by Crippen LogP contribution is 2.27. The van der Waals surface area contributed by atoms with E-state index < -0.39 is 10.0 Å². The van der Waals surface area contributed by atoms with E-state index in [2.05, 4.69) is 18.9 Å². The Hall–Kier alpha value is -0.130. The number of likely N-dealkylation sites (tertiary alicyclic amines) is 1. The summed E-state index contributed by atoms with van der Waals surface area (Å²) in [5.74, 6) is 0.738. The van der Waals surface area contributed by atoms with Crippen LogP contribution in [0, 0.1) is 5.92 Å². The van der Waals surface area contributed by atoms with Gasteiger partial charge in [0.05, 0.1) is 5.75 Å². The van der Waals surface area contributed by atoms with Crippen molar-refractivity contribution in [2.45, 2.75) is 57.9 Å². The second-order valence-corrected chi connectivity index (χ2v) is 8.54. The van der Waals surface area contributed by atoms with E-state index in [1.54, 1.807) is 0 Å². The van der Waals surface area contributed by atoms with Gasteiger partial charge in [0, 0.05) is 12.6 Å². The zero-order valence-electron chi connectivity index (χ0n) is 13.1. The summed E-state index contributed by atoms with van der Waals surface area (Å²) in [5, 5.41) is 0. The monoisotopic (exact) mass is 302 g/mol. The predicted octanol–water partition coefficient (Wildman–Crippen LogP) is 2.31. The topological polar surface area (TPSA) is 40.6 Å². The number of sulfonamides is 1. The molecule has 118 valence electrons. The van der Waals surface area contributed by atoms with Crippen LogP contribution in [0.1, 0.15) is 51.9 Å². The van der Waals surface area contributed by atoms with Crippen LogP contribution in [0.25, 0.3) is 0 Å². The smallest absolute Gasteiger partial charge is 0.214 e. The van der Waals surface area contributed by atoms with Gasteiger partial charge in [-0.1, -0.05) is 19.8 Å². The lowest BCUT2D eigenvalue weighted by atomic mass is 10.00. The van der Waals surface area contributed by atoms with Crippen LogP contribution < -0.4 is 0 Å². The largest absolute Gasteiger partial charge is 0.306 e. The molecule has 0 unspecified atom stereocenters. The van der Waals surface area contributed by atoms with E-state index in [9.17, 15) is 8.42 Å². The van der Waals surface area contributed by atoms with E-state index in [0.717, 1.165) is 58.2 Å². The Morgan fingerprint density at radius 2 is 1.75 bits per heavy atom. The van der Waals surface area contributed by atoms with E-state index in [4.69, 9.17) is 0 Å². The second kappa shape index (κ2) is 7.23. The molecule has 2 aliphatic rings. The van der Waals surface area contributed by atoms with Crippen LogP contribution in [-0.4, -0.2) is 56.1 Å². The van der Waals surface area contributed by atoms with Gasteiger partial charge >= 0.3 is 0 Å². The average molecular weight is 302 g/mol. The lowest BCUT2D eigenvalue weighted by Gasteiger charge is -2.36. The predicted molar refractivity (Wildman–Crippen MR) is 83.3 cm³/mol. The Balaban J connectivity index is 1.97. The minimum atomic E-state index is -3.06. The number of rotatable bonds is 5. The Labute approximate surface area is 124 Å². The molecule has 0 aromatic heterocycles. The number of piperidine rings is 2. The van der Waals surface area contributed by atoms with Crippen molar-refractivity contribution in [2.75, 3.05) is 32.4 Å². The average Bonchev–Trinajstić information content (AvgIpc) is 2.42. The first-order chi connectivity index (χ1) is 9.53. The first-order valence-corrected chi connectivity index (χ1v) is 9.82. The van der Waals surface area contributed by atoms with Crippen molar-refractivity contribution in [2.24, 2.45) is 5.92 Å². The molecule has 0 aliphatic carbocycles. The lowest BCUT2D eigenvalue weighted by molar-refractivity contribution is 0.219. The SMILES string of the molecule is CCC[C@@H]1CCCCN1S(=O)(=O)CC1CCN(C)CC1. The third-order valence-electron chi connectivity index (χ3n) is 4.84. The minimum Gasteiger partial charge on any atom is -0.306 e. The number of hydrogen-bond acceptors (Lipinski definition) is 3. The van der Waals surface area contributed by atoms with Gasteiger partial charge in [-0.3, -0.25) is 0 Å². The molecule has 2 saturated heterocycles. The molecule has 0 radical (unpaired) electrons. The van der Waals surface area contributed by atoms with Gasteiger partial charge in [-0.05, 0) is 58.2 Å². The molecule has 0 aromatic rings. The molecule has 0 spiro atoms. The van der Waals surface area contributed by atoms with Gasteiger partial charge in [0.2, 0.25) is 10.0 Å². The molecule has 4 nitrogen and oxygen atoms in total. The van der Waals surface area contributed by atoms with E-state index in [0.29, 0.717) is 11.7 Å². The molecular weight excluding hydrogens is 272 g/mol. The molecule has 0 aromatic carbocycles. The molecular formula is C15H30N2O2S. The third kappa shape index (κ3) is 4.18. The van der Waals surface area contributed by atoms with E-state index in [1.807, 2.05) is 4.31 Å². The van der Waals surface area contributed by atoms with Crippen LogP contribution >= 0.6 is 0 Å². The third-order valence-corrected chi connectivity index (χ3v) is 6.92. The van der Waals surface area contributed by atoms with Crippen molar-refractivity contribution in [3.63, 3.8) is 0 Å². The van der Waals surface area contributed by atoms with E-state index in [1.165, 1.54) is 6.42 Å². The van der Waals surface area contributed by atoms with Crippen molar-refractivity contribution in [1.29, 1.82) is 0 Å². The molecule has 2 rings (SSSR count). The van der Waals surface area contributed by atoms with Crippen molar-refractivity contribution >= 4 is 10.0 Å². The van der Waals surface area contributed by atoms with E-state index in [-0.39, 0.29) is 6.04 Å². The van der Waals surface area contributed by atoms with Crippen molar-refractivity contribution in [1.82, 2.24) is 9.21 Å². The summed E-state index contributed by atoms with van der Waals surface area (Å²) in [7, 11) is -0.939. The van der Waals surface area contributed by atoms with Crippen molar-refractivity contribution in [3.8, 4) is 0 Å². The molecule has 0 bridgehead atoms. The standard InChI is InChI=1S/C15H30N2O2S/c1-3-6-15-7-4-5-10-17(15)20(18,19)13-14-8-11-16(2)12-9-14/h14-15H,3-13H2,1-2H3/t15-/m1/s1. The summed E-state index contributed by atoms with van der Waals surface area (Å²) < 4.78 is 27.3. The maximum atomic E-state index is 12.7. The Morgan fingerprint density at radius 1 is 1.05 bits per heavy atom. The Bertz CT molecular complexity index is 387. The zero-order chi connectivity index (χ0) is 14.6. The fraction of sp³-hybridized carbons (Fsp3) is 1.00. The summed E-state index contributed by atoms with van der Waals surface area (Å²) in [4.78, 5) is 2.30. The summed E-state index contributed by atoms with van der Waals surface area (Å²) >= 11 is 0. The molecule has 2 fully saturated rings. The Kier molecular flexibility index (Phi) is 5.87. The van der Waals surface area contributed by atoms with Gasteiger partial charge in [-0.25, -0.2) is 8.42 Å². The van der Waals surface area contributed by atoms with Gasteiger partial charge in [-0.2, -0.15) is 4.31 Å². The summed E-state index contributed by atoms with van der Waals surface area (Å²) in [6.45, 7) is 4.98. The lowest BCUT2D eigenvalue weighted by Crippen LogP contribution is -2.46. The highest BCUT2D eigenvalue weighted by molar-refractivity contribution is 7.89. The highest BCUT2D eigenvalue weighted by Gasteiger charge is 2.33. The van der Waals surface area contributed by atoms with Gasteiger partial charge in [0.25, 0.3) is 0 Å². The van der Waals surface area contributed by atoms with E-state index >= 15 is 0 Å². The fourth-order valence-corrected chi connectivity index (χ4v) is 5.78. The molecule has 5 heteroatoms. The van der Waals surface area contributed by atoms with Crippen molar-refractivity contribution < 1.29 is 8.42 Å². The molecule has 2 aliphatic heterocycles. The number of nitrogens with zero attached hydrogens (tertiary/aromatic N) is 2. The summed E-state index contributed by atoms with van der Waals surface area (Å²) in [6, 6.07) is 0.269. The van der Waals surface area contributed by atoms with Gasteiger partial charge in [0.15, 0.2) is 0 Å². The molecule has 0 saturated carbocycles. The molecule has 1 atom stereocenters. The van der Waals surface area contributed by atoms with Gasteiger partial charge in [0.1, 0.15) is 0 Å². The van der Waals surface area contributed by atoms with Crippen LogP contribution in [0.4, 0.5) is 0 Å².